The van der Waals surface area contributed by atoms with Gasteiger partial charge in [0.15, 0.2) is 0 Å². The number of aliphatic carboxylic acids is 1. The van der Waals surface area contributed by atoms with Crippen LogP contribution in [0.5, 0.6) is 0 Å². The molecule has 6 nitrogen and oxygen atoms in total. The molecule has 104 valence electrons. The molecule has 0 aromatic carbocycles. The van der Waals surface area contributed by atoms with Crippen LogP contribution >= 0.6 is 0 Å². The number of amides is 1. The topological polar surface area (TPSA) is 92.7 Å². The van der Waals surface area contributed by atoms with Crippen LogP contribution < -0.4 is 5.32 Å². The van der Waals surface area contributed by atoms with Gasteiger partial charge in [-0.2, -0.15) is 6.41 Å². The van der Waals surface area contributed by atoms with Gasteiger partial charge in [-0.15, -0.1) is 0 Å². The van der Waals surface area contributed by atoms with E-state index < -0.39 is 23.6 Å². The molecule has 0 fully saturated rings. The third-order valence-electron chi connectivity index (χ3n) is 1.57. The van der Waals surface area contributed by atoms with Gasteiger partial charge in [-0.1, -0.05) is 0 Å². The molecular formula is C10H16FmNO5-. The van der Waals surface area contributed by atoms with Gasteiger partial charge in [-0.05, 0) is 27.2 Å². The molecule has 0 aromatic rings. The summed E-state index contributed by atoms with van der Waals surface area (Å²) in [6, 6.07) is -0.965. The van der Waals surface area contributed by atoms with Crippen LogP contribution in [-0.2, 0) is 19.1 Å². The van der Waals surface area contributed by atoms with Crippen molar-refractivity contribution in [3.8, 4) is 0 Å². The quantitative estimate of drug-likeness (QED) is 0.318. The molecule has 1 amide bonds. The van der Waals surface area contributed by atoms with Crippen LogP contribution in [0, 0.1) is 0 Å². The number of rotatable bonds is 6. The number of ether oxygens (including phenoxy) is 1. The molecule has 7 heteroatoms. The Balaban J connectivity index is 0. The zero-order chi connectivity index (χ0) is 12.8. The van der Waals surface area contributed by atoms with E-state index in [1.807, 2.05) is 0 Å². The molecule has 17 heavy (non-hydrogen) atoms. The van der Waals surface area contributed by atoms with Crippen LogP contribution in [0.15, 0.2) is 0 Å². The van der Waals surface area contributed by atoms with Crippen molar-refractivity contribution in [2.45, 2.75) is 45.3 Å². The van der Waals surface area contributed by atoms with Crippen molar-refractivity contribution in [1.29, 1.82) is 0 Å². The summed E-state index contributed by atoms with van der Waals surface area (Å²) in [5, 5.41) is 10.6. The fourth-order valence-corrected chi connectivity index (χ4v) is 0.961. The van der Waals surface area contributed by atoms with Gasteiger partial charge in [-0.3, -0.25) is 4.79 Å². The molecule has 1 unspecified atom stereocenters. The van der Waals surface area contributed by atoms with E-state index in [-0.39, 0.29) is 12.8 Å². The van der Waals surface area contributed by atoms with Gasteiger partial charge in [0.05, 0.1) is 6.04 Å². The van der Waals surface area contributed by atoms with Gasteiger partial charge in [0.1, 0.15) is 5.60 Å². The van der Waals surface area contributed by atoms with Crippen LogP contribution in [0.4, 0.5) is 0 Å². The van der Waals surface area contributed by atoms with Gasteiger partial charge in [0.25, 0.3) is 0 Å². The first kappa shape index (κ1) is 16.8. The Labute approximate surface area is 94.0 Å². The summed E-state index contributed by atoms with van der Waals surface area (Å²) in [5.74, 6) is -1.70. The molecule has 0 spiro atoms. The molecule has 0 aliphatic heterocycles. The number of carboxylic acid groups (broad SMARTS) is 1. The Bertz CT molecular complexity index is 274. The van der Waals surface area contributed by atoms with Gasteiger partial charge < -0.3 is 20.0 Å². The Morgan fingerprint density at radius 3 is 2.29 bits per heavy atom. The third kappa shape index (κ3) is 8.41. The number of carbonyl (C=O) groups is 2. The molecule has 0 saturated carbocycles. The predicted molar refractivity (Wildman–Crippen MR) is 55.3 cm³/mol. The second kappa shape index (κ2) is 6.81. The van der Waals surface area contributed by atoms with Crippen LogP contribution in [0.25, 0.3) is 0 Å². The fraction of sp³-hybridized carbons (Fsp3) is 0.700. The standard InChI is InChI=1S/C10H16NO5.Fm/c1-10(2,3)16-9(15)7(11-6-12)4-5-8(13)14;/h7H,4-5H2,1-3H3,(H,11,12)(H,13,14);/q-1;. The number of hydrogen-bond acceptors (Lipinski definition) is 4. The summed E-state index contributed by atoms with van der Waals surface area (Å²) < 4.78 is 5.01. The average molecular weight is 487 g/mol. The Morgan fingerprint density at radius 2 is 1.94 bits per heavy atom. The maximum atomic E-state index is 11.5. The van der Waals surface area contributed by atoms with E-state index in [1.54, 1.807) is 20.8 Å². The van der Waals surface area contributed by atoms with E-state index >= 15 is 0 Å². The van der Waals surface area contributed by atoms with Crippen molar-refractivity contribution in [2.24, 2.45) is 0 Å². The Hall–Kier alpha value is -2.59. The molecule has 0 aliphatic rings. The molecule has 0 aromatic heterocycles. The van der Waals surface area contributed by atoms with Gasteiger partial charge in [-0.25, -0.2) is 4.79 Å². The second-order valence-corrected chi connectivity index (χ2v) is 4.26. The van der Waals surface area contributed by atoms with Crippen LogP contribution in [0.1, 0.15) is 33.6 Å². The van der Waals surface area contributed by atoms with E-state index in [2.05, 4.69) is 5.32 Å². The Kier molecular flexibility index (Phi) is 6.74. The first-order chi connectivity index (χ1) is 7.26. The van der Waals surface area contributed by atoms with E-state index in [0.29, 0.717) is 0 Å². The fourth-order valence-electron chi connectivity index (χ4n) is 0.961. The minimum Gasteiger partial charge on any atom is -0.520 e. The van der Waals surface area contributed by atoms with E-state index in [9.17, 15) is 14.4 Å². The van der Waals surface area contributed by atoms with Crippen molar-refractivity contribution in [3.63, 3.8) is 0 Å². The largest absolute Gasteiger partial charge is 0.520 e. The zero-order valence-corrected chi connectivity index (χ0v) is 12.3. The van der Waals surface area contributed by atoms with Gasteiger partial charge in [0.2, 0.25) is 0 Å². The molecule has 2 N–H and O–H groups in total. The molecule has 0 radical (unpaired) electrons. The molecule has 0 aliphatic carbocycles. The maximum Gasteiger partial charge on any atom is 0.326 e. The molecule has 0 heterocycles. The molecule has 0 bridgehead atoms. The average Bonchev–Trinajstić information content (AvgIpc) is 2.08. The third-order valence-corrected chi connectivity index (χ3v) is 1.57. The summed E-state index contributed by atoms with van der Waals surface area (Å²) in [6.45, 7) is 5.05. The monoisotopic (exact) mass is 487 g/mol. The van der Waals surface area contributed by atoms with Crippen molar-refractivity contribution < 1.29 is 24.2 Å². The number of esters is 1. The summed E-state index contributed by atoms with van der Waals surface area (Å²) >= 11 is 0. The molecule has 0 rings (SSSR count). The van der Waals surface area contributed by atoms with Crippen molar-refractivity contribution in [3.05, 3.63) is 0 Å². The minimum atomic E-state index is -1.04. The first-order valence-electron chi connectivity index (χ1n) is 4.83. The Morgan fingerprint density at radius 1 is 1.41 bits per heavy atom. The van der Waals surface area contributed by atoms with E-state index in [0.717, 1.165) is 0 Å². The predicted octanol–water partition coefficient (Wildman–Crippen LogP) is 0.218. The second-order valence-electron chi connectivity index (χ2n) is 4.26. The van der Waals surface area contributed by atoms with E-state index in [1.165, 1.54) is 6.41 Å². The first-order valence-corrected chi connectivity index (χ1v) is 4.83. The van der Waals surface area contributed by atoms with Gasteiger partial charge in [0, 0.05) is 6.42 Å². The number of nitrogens with one attached hydrogen (secondary N) is 1. The number of carboxylic acids is 1. The summed E-state index contributed by atoms with van der Waals surface area (Å²) in [5.41, 5.74) is -0.677. The normalized spacial score (nSPS) is 11.9. The van der Waals surface area contributed by atoms with E-state index in [4.69, 9.17) is 9.84 Å². The minimum absolute atomic E-state index is 0. The summed E-state index contributed by atoms with van der Waals surface area (Å²) in [6.07, 6.45) is 1.13. The smallest absolute Gasteiger partial charge is 0.326 e. The van der Waals surface area contributed by atoms with Crippen LogP contribution in [-0.4, -0.2) is 35.1 Å². The summed E-state index contributed by atoms with van der Waals surface area (Å²) in [7, 11) is 0. The number of hydrogen-bond donors (Lipinski definition) is 2. The van der Waals surface area contributed by atoms with Crippen molar-refractivity contribution >= 4 is 18.3 Å². The zero-order valence-electron chi connectivity index (χ0n) is 9.86. The molecular weight excluding hydrogens is 471 g/mol. The summed E-state index contributed by atoms with van der Waals surface area (Å²) in [4.78, 5) is 32.0. The maximum absolute atomic E-state index is 11.5. The molecule has 1 atom stereocenters. The SMILES string of the molecule is CC(C)(C)OC(=O)C(CCC(=O)O)N[C-]=O.[Fm]. The van der Waals surface area contributed by atoms with Gasteiger partial charge >= 0.3 is 11.9 Å². The van der Waals surface area contributed by atoms with Crippen LogP contribution in [0.2, 0.25) is 0 Å². The number of carbonyl (C=O) groups excluding carboxylic acids is 2. The molecule has 0 saturated heterocycles. The van der Waals surface area contributed by atoms with Crippen LogP contribution in [0.3, 0.4) is 0 Å². The van der Waals surface area contributed by atoms with Crippen molar-refractivity contribution in [2.75, 3.05) is 0 Å². The van der Waals surface area contributed by atoms with Crippen molar-refractivity contribution in [1.82, 2.24) is 5.32 Å².